The van der Waals surface area contributed by atoms with Gasteiger partial charge in [-0.25, -0.2) is 0 Å². The largest absolute Gasteiger partial charge is 0.379 e. The summed E-state index contributed by atoms with van der Waals surface area (Å²) in [6.45, 7) is 7.62. The first kappa shape index (κ1) is 12.7. The average molecular weight is 208 g/mol. The van der Waals surface area contributed by atoms with Gasteiger partial charge in [-0.2, -0.15) is 0 Å². The Labute approximate surface area is 84.8 Å². The van der Waals surface area contributed by atoms with E-state index in [1.165, 1.54) is 0 Å². The summed E-state index contributed by atoms with van der Waals surface area (Å²) in [6, 6.07) is 0. The number of halogens is 1. The summed E-state index contributed by atoms with van der Waals surface area (Å²) in [7, 11) is 0. The van der Waals surface area contributed by atoms with Crippen molar-refractivity contribution in [3.8, 4) is 0 Å². The van der Waals surface area contributed by atoms with Gasteiger partial charge in [0, 0.05) is 13.2 Å². The fourth-order valence-corrected chi connectivity index (χ4v) is 0.783. The molecule has 0 aliphatic rings. The van der Waals surface area contributed by atoms with Crippen LogP contribution < -0.4 is 5.32 Å². The average Bonchev–Trinajstić information content (AvgIpc) is 2.02. The second-order valence-corrected chi connectivity index (χ2v) is 4.03. The Morgan fingerprint density at radius 2 is 2.08 bits per heavy atom. The second kappa shape index (κ2) is 7.15. The van der Waals surface area contributed by atoms with E-state index in [1.807, 2.05) is 0 Å². The highest BCUT2D eigenvalue weighted by molar-refractivity contribution is 6.30. The van der Waals surface area contributed by atoms with Crippen LogP contribution in [0.3, 0.4) is 0 Å². The summed E-state index contributed by atoms with van der Waals surface area (Å²) in [4.78, 5) is 10.9. The van der Waals surface area contributed by atoms with E-state index in [9.17, 15) is 4.79 Å². The molecule has 0 saturated heterocycles. The number of hydrogen-bond donors (Lipinski definition) is 1. The fourth-order valence-electron chi connectivity index (χ4n) is 0.706. The molecule has 0 rings (SSSR count). The van der Waals surface area contributed by atoms with Gasteiger partial charge in [0.25, 0.3) is 0 Å². The topological polar surface area (TPSA) is 38.3 Å². The summed E-state index contributed by atoms with van der Waals surface area (Å²) < 4.78 is 5.27. The lowest BCUT2D eigenvalue weighted by Gasteiger charge is -2.08. The third kappa shape index (κ3) is 8.06. The molecule has 0 bridgehead atoms. The van der Waals surface area contributed by atoms with Crippen LogP contribution >= 0.6 is 11.6 Å². The zero-order valence-electron chi connectivity index (χ0n) is 8.47. The van der Waals surface area contributed by atoms with Gasteiger partial charge in [0.1, 0.15) is 5.38 Å². The van der Waals surface area contributed by atoms with Crippen LogP contribution in [0.5, 0.6) is 0 Å². The molecule has 1 N–H and O–H groups in total. The maximum absolute atomic E-state index is 10.9. The van der Waals surface area contributed by atoms with Crippen molar-refractivity contribution < 1.29 is 9.53 Å². The van der Waals surface area contributed by atoms with Gasteiger partial charge in [0.15, 0.2) is 0 Å². The molecule has 0 aromatic rings. The van der Waals surface area contributed by atoms with Crippen LogP contribution in [-0.4, -0.2) is 31.0 Å². The van der Waals surface area contributed by atoms with Crippen LogP contribution in [0, 0.1) is 5.92 Å². The number of carbonyl (C=O) groups excluding carboxylic acids is 1. The van der Waals surface area contributed by atoms with Crippen molar-refractivity contribution in [2.75, 3.05) is 19.8 Å². The molecule has 1 unspecified atom stereocenters. The first-order valence-electron chi connectivity index (χ1n) is 4.53. The summed E-state index contributed by atoms with van der Waals surface area (Å²) in [6.07, 6.45) is 0. The zero-order valence-corrected chi connectivity index (χ0v) is 9.23. The van der Waals surface area contributed by atoms with Gasteiger partial charge in [-0.15, -0.1) is 11.6 Å². The number of rotatable bonds is 6. The highest BCUT2D eigenvalue weighted by atomic mass is 35.5. The van der Waals surface area contributed by atoms with Crippen LogP contribution in [-0.2, 0) is 9.53 Å². The van der Waals surface area contributed by atoms with E-state index >= 15 is 0 Å². The molecule has 0 aromatic heterocycles. The SMILES string of the molecule is CC(C)COCCNC(=O)C(C)Cl. The Balaban J connectivity index is 3.21. The minimum atomic E-state index is -0.468. The molecule has 0 fully saturated rings. The Hall–Kier alpha value is -0.280. The van der Waals surface area contributed by atoms with Crippen LogP contribution in [0.4, 0.5) is 0 Å². The first-order valence-corrected chi connectivity index (χ1v) is 4.97. The molecule has 1 amide bonds. The van der Waals surface area contributed by atoms with Crippen molar-refractivity contribution in [2.45, 2.75) is 26.1 Å². The molecular formula is C9H18ClNO2. The molecule has 3 nitrogen and oxygen atoms in total. The summed E-state index contributed by atoms with van der Waals surface area (Å²) >= 11 is 5.54. The van der Waals surface area contributed by atoms with Gasteiger partial charge in [-0.1, -0.05) is 13.8 Å². The number of carbonyl (C=O) groups is 1. The van der Waals surface area contributed by atoms with E-state index in [0.29, 0.717) is 19.1 Å². The normalized spacial score (nSPS) is 13.0. The molecule has 13 heavy (non-hydrogen) atoms. The van der Waals surface area contributed by atoms with E-state index < -0.39 is 5.38 Å². The van der Waals surface area contributed by atoms with Crippen molar-refractivity contribution in [3.05, 3.63) is 0 Å². The smallest absolute Gasteiger partial charge is 0.237 e. The van der Waals surface area contributed by atoms with Crippen molar-refractivity contribution >= 4 is 17.5 Å². The lowest BCUT2D eigenvalue weighted by Crippen LogP contribution is -2.32. The highest BCUT2D eigenvalue weighted by Gasteiger charge is 2.06. The zero-order chi connectivity index (χ0) is 10.3. The molecule has 78 valence electrons. The Morgan fingerprint density at radius 3 is 2.54 bits per heavy atom. The minimum absolute atomic E-state index is 0.144. The maximum atomic E-state index is 10.9. The molecule has 0 aliphatic heterocycles. The van der Waals surface area contributed by atoms with Crippen molar-refractivity contribution in [1.29, 1.82) is 0 Å². The second-order valence-electron chi connectivity index (χ2n) is 3.38. The van der Waals surface area contributed by atoms with Gasteiger partial charge in [0.2, 0.25) is 5.91 Å². The molecule has 0 radical (unpaired) electrons. The van der Waals surface area contributed by atoms with E-state index in [0.717, 1.165) is 6.61 Å². The molecular weight excluding hydrogens is 190 g/mol. The van der Waals surface area contributed by atoms with Gasteiger partial charge >= 0.3 is 0 Å². The van der Waals surface area contributed by atoms with Gasteiger partial charge < -0.3 is 10.1 Å². The van der Waals surface area contributed by atoms with Crippen LogP contribution in [0.25, 0.3) is 0 Å². The summed E-state index contributed by atoms with van der Waals surface area (Å²) in [5, 5.41) is 2.19. The lowest BCUT2D eigenvalue weighted by atomic mass is 10.2. The molecule has 0 heterocycles. The summed E-state index contributed by atoms with van der Waals surface area (Å²) in [5.41, 5.74) is 0. The molecule has 0 saturated carbocycles. The lowest BCUT2D eigenvalue weighted by molar-refractivity contribution is -0.120. The number of nitrogens with one attached hydrogen (secondary N) is 1. The number of alkyl halides is 1. The van der Waals surface area contributed by atoms with Crippen LogP contribution in [0.15, 0.2) is 0 Å². The van der Waals surface area contributed by atoms with E-state index in [4.69, 9.17) is 16.3 Å². The van der Waals surface area contributed by atoms with Crippen LogP contribution in [0.1, 0.15) is 20.8 Å². The van der Waals surface area contributed by atoms with E-state index in [-0.39, 0.29) is 5.91 Å². The molecule has 0 spiro atoms. The van der Waals surface area contributed by atoms with Crippen molar-refractivity contribution in [3.63, 3.8) is 0 Å². The van der Waals surface area contributed by atoms with E-state index in [1.54, 1.807) is 6.92 Å². The molecule has 1 atom stereocenters. The quantitative estimate of drug-likeness (QED) is 0.528. The maximum Gasteiger partial charge on any atom is 0.237 e. The molecule has 4 heteroatoms. The van der Waals surface area contributed by atoms with Gasteiger partial charge in [-0.05, 0) is 12.8 Å². The van der Waals surface area contributed by atoms with Crippen molar-refractivity contribution in [2.24, 2.45) is 5.92 Å². The number of amides is 1. The minimum Gasteiger partial charge on any atom is -0.379 e. The standard InChI is InChI=1S/C9H18ClNO2/c1-7(2)6-13-5-4-11-9(12)8(3)10/h7-8H,4-6H2,1-3H3,(H,11,12). The van der Waals surface area contributed by atoms with Gasteiger partial charge in [0.05, 0.1) is 6.61 Å². The Morgan fingerprint density at radius 1 is 1.46 bits per heavy atom. The first-order chi connectivity index (χ1) is 6.04. The predicted molar refractivity (Wildman–Crippen MR) is 54.0 cm³/mol. The summed E-state index contributed by atoms with van der Waals surface area (Å²) in [5.74, 6) is 0.387. The number of ether oxygens (including phenoxy) is 1. The predicted octanol–water partition coefficient (Wildman–Crippen LogP) is 1.40. The number of hydrogen-bond acceptors (Lipinski definition) is 2. The van der Waals surface area contributed by atoms with E-state index in [2.05, 4.69) is 19.2 Å². The van der Waals surface area contributed by atoms with Crippen LogP contribution in [0.2, 0.25) is 0 Å². The van der Waals surface area contributed by atoms with Crippen molar-refractivity contribution in [1.82, 2.24) is 5.32 Å². The monoisotopic (exact) mass is 207 g/mol. The molecule has 0 aromatic carbocycles. The Kier molecular flexibility index (Phi) is 7.00. The highest BCUT2D eigenvalue weighted by Crippen LogP contribution is 1.93. The molecule has 0 aliphatic carbocycles. The Bertz CT molecular complexity index is 149. The third-order valence-electron chi connectivity index (χ3n) is 1.36. The fraction of sp³-hybridized carbons (Fsp3) is 0.889. The van der Waals surface area contributed by atoms with Gasteiger partial charge in [-0.3, -0.25) is 4.79 Å². The third-order valence-corrected chi connectivity index (χ3v) is 1.56.